The van der Waals surface area contributed by atoms with Crippen molar-refractivity contribution in [3.05, 3.63) is 56.5 Å². The highest BCUT2D eigenvalue weighted by Crippen LogP contribution is 2.43. The van der Waals surface area contributed by atoms with E-state index in [1.807, 2.05) is 0 Å². The predicted molar refractivity (Wildman–Crippen MR) is 76.9 cm³/mol. The summed E-state index contributed by atoms with van der Waals surface area (Å²) in [4.78, 5) is 0. The van der Waals surface area contributed by atoms with Crippen molar-refractivity contribution < 1.29 is 22.0 Å². The van der Waals surface area contributed by atoms with Crippen molar-refractivity contribution in [1.82, 2.24) is 0 Å². The molecule has 0 aliphatic rings. The van der Waals surface area contributed by atoms with Crippen molar-refractivity contribution in [1.29, 1.82) is 0 Å². The Balaban J connectivity index is 2.70. The zero-order valence-electron chi connectivity index (χ0n) is 10.5. The van der Waals surface area contributed by atoms with E-state index >= 15 is 0 Å². The molecule has 0 unspecified atom stereocenters. The van der Waals surface area contributed by atoms with Gasteiger partial charge in [0.05, 0.1) is 15.6 Å². The van der Waals surface area contributed by atoms with Crippen LogP contribution in [0.5, 0.6) is 0 Å². The Morgan fingerprint density at radius 1 is 0.864 bits per heavy atom. The summed E-state index contributed by atoms with van der Waals surface area (Å²) in [6.07, 6.45) is -8.18. The summed E-state index contributed by atoms with van der Waals surface area (Å²) in [6.45, 7) is 0. The maximum absolute atomic E-state index is 12.9. The molecule has 0 heterocycles. The zero-order valence-corrected chi connectivity index (χ0v) is 12.8. The first kappa shape index (κ1) is 17.3. The summed E-state index contributed by atoms with van der Waals surface area (Å²) in [7, 11) is 0. The molecule has 0 bridgehead atoms. The van der Waals surface area contributed by atoms with Gasteiger partial charge in [-0.25, -0.2) is 8.78 Å². The number of halogens is 8. The lowest BCUT2D eigenvalue weighted by Crippen LogP contribution is -2.09. The van der Waals surface area contributed by atoms with Crippen LogP contribution in [0.25, 0.3) is 11.1 Å². The Morgan fingerprint density at radius 2 is 1.45 bits per heavy atom. The lowest BCUT2D eigenvalue weighted by atomic mass is 9.98. The van der Waals surface area contributed by atoms with Gasteiger partial charge in [-0.05, 0) is 29.8 Å². The van der Waals surface area contributed by atoms with Crippen molar-refractivity contribution >= 4 is 34.8 Å². The third kappa shape index (κ3) is 3.31. The number of benzene rings is 2. The average molecular weight is 376 g/mol. The molecule has 0 spiro atoms. The molecule has 0 saturated carbocycles. The van der Waals surface area contributed by atoms with Crippen LogP contribution in [0.3, 0.4) is 0 Å². The fourth-order valence-corrected chi connectivity index (χ4v) is 2.69. The molecular weight excluding hydrogens is 370 g/mol. The molecule has 0 nitrogen and oxygen atoms in total. The number of alkyl halides is 5. The molecule has 0 aliphatic carbocycles. The fourth-order valence-electron chi connectivity index (χ4n) is 1.95. The SMILES string of the molecule is FC(F)c1cc(-c2c(Cl)ccc(Cl)c2Cl)ccc1C(F)(F)F. The molecule has 0 aliphatic heterocycles. The summed E-state index contributed by atoms with van der Waals surface area (Å²) in [5.41, 5.74) is -2.41. The van der Waals surface area contributed by atoms with Crippen LogP contribution in [0.2, 0.25) is 15.1 Å². The largest absolute Gasteiger partial charge is 0.416 e. The van der Waals surface area contributed by atoms with Gasteiger partial charge in [0.25, 0.3) is 6.43 Å². The molecular formula is C14H6Cl3F5. The van der Waals surface area contributed by atoms with Crippen molar-refractivity contribution in [2.24, 2.45) is 0 Å². The van der Waals surface area contributed by atoms with Gasteiger partial charge in [-0.3, -0.25) is 0 Å². The smallest absolute Gasteiger partial charge is 0.205 e. The summed E-state index contributed by atoms with van der Waals surface area (Å²) in [5, 5.41) is 0.183. The topological polar surface area (TPSA) is 0 Å². The molecule has 118 valence electrons. The van der Waals surface area contributed by atoms with Crippen LogP contribution in [-0.2, 0) is 6.18 Å². The van der Waals surface area contributed by atoms with Crippen LogP contribution in [0.1, 0.15) is 17.6 Å². The molecule has 0 atom stereocenters. The molecule has 2 aromatic carbocycles. The monoisotopic (exact) mass is 374 g/mol. The second-order valence-electron chi connectivity index (χ2n) is 4.32. The molecule has 0 saturated heterocycles. The van der Waals surface area contributed by atoms with Crippen LogP contribution in [0.15, 0.2) is 30.3 Å². The van der Waals surface area contributed by atoms with Crippen molar-refractivity contribution in [3.8, 4) is 11.1 Å². The third-order valence-electron chi connectivity index (χ3n) is 2.92. The van der Waals surface area contributed by atoms with Crippen molar-refractivity contribution in [3.63, 3.8) is 0 Å². The summed E-state index contributed by atoms with van der Waals surface area (Å²) < 4.78 is 64.2. The third-order valence-corrected chi connectivity index (χ3v) is 4.04. The Hall–Kier alpha value is -1.04. The van der Waals surface area contributed by atoms with Gasteiger partial charge in [0.2, 0.25) is 0 Å². The molecule has 0 fully saturated rings. The van der Waals surface area contributed by atoms with Crippen LogP contribution >= 0.6 is 34.8 Å². The van der Waals surface area contributed by atoms with Gasteiger partial charge in [0.1, 0.15) is 0 Å². The van der Waals surface area contributed by atoms with Gasteiger partial charge in [0.15, 0.2) is 0 Å². The second-order valence-corrected chi connectivity index (χ2v) is 5.51. The van der Waals surface area contributed by atoms with E-state index in [0.29, 0.717) is 6.07 Å². The van der Waals surface area contributed by atoms with E-state index in [9.17, 15) is 22.0 Å². The minimum atomic E-state index is -4.88. The van der Waals surface area contributed by atoms with Crippen LogP contribution in [0.4, 0.5) is 22.0 Å². The van der Waals surface area contributed by atoms with E-state index in [2.05, 4.69) is 0 Å². The highest BCUT2D eigenvalue weighted by molar-refractivity contribution is 6.46. The minimum absolute atomic E-state index is 0.0193. The minimum Gasteiger partial charge on any atom is -0.205 e. The Kier molecular flexibility index (Phi) is 4.90. The highest BCUT2D eigenvalue weighted by atomic mass is 35.5. The molecule has 2 rings (SSSR count). The van der Waals surface area contributed by atoms with E-state index < -0.39 is 23.7 Å². The molecule has 2 aromatic rings. The Morgan fingerprint density at radius 3 is 2.00 bits per heavy atom. The Labute approximate surface area is 137 Å². The predicted octanol–water partition coefficient (Wildman–Crippen LogP) is 7.27. The van der Waals surface area contributed by atoms with Crippen molar-refractivity contribution in [2.75, 3.05) is 0 Å². The summed E-state index contributed by atoms with van der Waals surface area (Å²) in [6, 6.07) is 5.10. The lowest BCUT2D eigenvalue weighted by Gasteiger charge is -2.15. The molecule has 22 heavy (non-hydrogen) atoms. The molecule has 0 aromatic heterocycles. The van der Waals surface area contributed by atoms with Gasteiger partial charge in [-0.15, -0.1) is 0 Å². The summed E-state index contributed by atoms with van der Waals surface area (Å²) in [5.74, 6) is 0. The molecule has 0 amide bonds. The molecule has 0 radical (unpaired) electrons. The number of hydrogen-bond donors (Lipinski definition) is 0. The van der Waals surface area contributed by atoms with Gasteiger partial charge < -0.3 is 0 Å². The van der Waals surface area contributed by atoms with Crippen LogP contribution in [0, 0.1) is 0 Å². The van der Waals surface area contributed by atoms with Crippen LogP contribution < -0.4 is 0 Å². The van der Waals surface area contributed by atoms with Gasteiger partial charge >= 0.3 is 6.18 Å². The zero-order chi connectivity index (χ0) is 16.7. The van der Waals surface area contributed by atoms with Gasteiger partial charge in [0, 0.05) is 16.1 Å². The molecule has 0 N–H and O–H groups in total. The normalized spacial score (nSPS) is 12.0. The number of rotatable bonds is 2. The highest BCUT2D eigenvalue weighted by Gasteiger charge is 2.36. The van der Waals surface area contributed by atoms with Gasteiger partial charge in [-0.1, -0.05) is 40.9 Å². The standard InChI is InChI=1S/C14H6Cl3F5/c15-9-3-4-10(16)12(17)11(9)6-1-2-8(14(20,21)22)7(5-6)13(18)19/h1-5,13H. The Bertz CT molecular complexity index is 710. The maximum atomic E-state index is 12.9. The first-order valence-electron chi connectivity index (χ1n) is 5.76. The average Bonchev–Trinajstić information content (AvgIpc) is 2.42. The second kappa shape index (κ2) is 6.22. The first-order valence-corrected chi connectivity index (χ1v) is 6.89. The first-order chi connectivity index (χ1) is 10.1. The summed E-state index contributed by atoms with van der Waals surface area (Å²) >= 11 is 17.7. The lowest BCUT2D eigenvalue weighted by molar-refractivity contribution is -0.139. The van der Waals surface area contributed by atoms with E-state index in [1.165, 1.54) is 12.1 Å². The quantitative estimate of drug-likeness (QED) is 0.382. The fraction of sp³-hybridized carbons (Fsp3) is 0.143. The van der Waals surface area contributed by atoms with E-state index in [0.717, 1.165) is 12.1 Å². The van der Waals surface area contributed by atoms with Gasteiger partial charge in [-0.2, -0.15) is 13.2 Å². The van der Waals surface area contributed by atoms with E-state index in [-0.39, 0.29) is 26.2 Å². The van der Waals surface area contributed by atoms with Crippen LogP contribution in [-0.4, -0.2) is 0 Å². The van der Waals surface area contributed by atoms with E-state index in [4.69, 9.17) is 34.8 Å². The maximum Gasteiger partial charge on any atom is 0.416 e. The van der Waals surface area contributed by atoms with Crippen molar-refractivity contribution in [2.45, 2.75) is 12.6 Å². The number of hydrogen-bond acceptors (Lipinski definition) is 0. The molecule has 8 heteroatoms. The van der Waals surface area contributed by atoms with E-state index in [1.54, 1.807) is 0 Å².